The predicted octanol–water partition coefficient (Wildman–Crippen LogP) is 3.21. The molecule has 2 aromatic rings. The summed E-state index contributed by atoms with van der Waals surface area (Å²) in [6, 6.07) is 9.15. The Bertz CT molecular complexity index is 717. The van der Waals surface area contributed by atoms with Gasteiger partial charge in [-0.1, -0.05) is 0 Å². The van der Waals surface area contributed by atoms with Crippen LogP contribution in [0.2, 0.25) is 0 Å². The second kappa shape index (κ2) is 5.93. The zero-order chi connectivity index (χ0) is 15.5. The van der Waals surface area contributed by atoms with Gasteiger partial charge in [0, 0.05) is 17.3 Å². The molecule has 0 aromatic heterocycles. The van der Waals surface area contributed by atoms with Gasteiger partial charge in [0.25, 0.3) is 5.91 Å². The van der Waals surface area contributed by atoms with Crippen LogP contribution in [0.4, 0.5) is 10.1 Å². The highest BCUT2D eigenvalue weighted by molar-refractivity contribution is 6.04. The van der Waals surface area contributed by atoms with E-state index in [4.69, 9.17) is 14.2 Å². The van der Waals surface area contributed by atoms with Crippen LogP contribution < -0.4 is 19.5 Å². The number of hydrogen-bond acceptors (Lipinski definition) is 4. The van der Waals surface area contributed by atoms with E-state index in [0.717, 1.165) is 6.07 Å². The molecule has 6 heteroatoms. The van der Waals surface area contributed by atoms with E-state index in [9.17, 15) is 9.18 Å². The number of carbonyl (C=O) groups excluding carboxylic acids is 1. The fourth-order valence-electron chi connectivity index (χ4n) is 2.09. The highest BCUT2D eigenvalue weighted by atomic mass is 19.1. The van der Waals surface area contributed by atoms with E-state index in [-0.39, 0.29) is 18.1 Å². The van der Waals surface area contributed by atoms with E-state index in [1.807, 2.05) is 0 Å². The monoisotopic (exact) mass is 303 g/mol. The standard InChI is InChI=1S/C16H14FNO4/c1-2-20-13-5-3-10(7-12(13)17)16(19)18-11-4-6-14-15(8-11)22-9-21-14/h3-8H,2,9H2,1H3,(H,18,19). The number of benzene rings is 2. The lowest BCUT2D eigenvalue weighted by Crippen LogP contribution is -2.12. The largest absolute Gasteiger partial charge is 0.491 e. The van der Waals surface area contributed by atoms with Gasteiger partial charge in [-0.25, -0.2) is 4.39 Å². The van der Waals surface area contributed by atoms with Crippen molar-refractivity contribution in [1.29, 1.82) is 0 Å². The van der Waals surface area contributed by atoms with Crippen LogP contribution in [-0.4, -0.2) is 19.3 Å². The van der Waals surface area contributed by atoms with Gasteiger partial charge in [0.05, 0.1) is 6.61 Å². The van der Waals surface area contributed by atoms with Crippen LogP contribution >= 0.6 is 0 Å². The molecular weight excluding hydrogens is 289 g/mol. The van der Waals surface area contributed by atoms with Crippen molar-refractivity contribution in [2.45, 2.75) is 6.92 Å². The Kier molecular flexibility index (Phi) is 3.82. The molecule has 3 rings (SSSR count). The highest BCUT2D eigenvalue weighted by Gasteiger charge is 2.15. The van der Waals surface area contributed by atoms with Crippen LogP contribution in [0.5, 0.6) is 17.2 Å². The van der Waals surface area contributed by atoms with Crippen LogP contribution in [0, 0.1) is 5.82 Å². The van der Waals surface area contributed by atoms with E-state index in [1.165, 1.54) is 12.1 Å². The first-order valence-electron chi connectivity index (χ1n) is 6.80. The SMILES string of the molecule is CCOc1ccc(C(=O)Nc2ccc3c(c2)OCO3)cc1F. The van der Waals surface area contributed by atoms with E-state index >= 15 is 0 Å². The predicted molar refractivity (Wildman–Crippen MR) is 78.1 cm³/mol. The summed E-state index contributed by atoms with van der Waals surface area (Å²) in [6.07, 6.45) is 0. The molecule has 22 heavy (non-hydrogen) atoms. The quantitative estimate of drug-likeness (QED) is 0.942. The minimum Gasteiger partial charge on any atom is -0.491 e. The van der Waals surface area contributed by atoms with Crippen LogP contribution in [0.1, 0.15) is 17.3 Å². The van der Waals surface area contributed by atoms with Gasteiger partial charge in [-0.3, -0.25) is 4.79 Å². The summed E-state index contributed by atoms with van der Waals surface area (Å²) in [4.78, 5) is 12.1. The summed E-state index contributed by atoms with van der Waals surface area (Å²) >= 11 is 0. The summed E-state index contributed by atoms with van der Waals surface area (Å²) in [6.45, 7) is 2.29. The molecule has 0 aliphatic carbocycles. The van der Waals surface area contributed by atoms with Crippen molar-refractivity contribution >= 4 is 11.6 Å². The molecule has 0 bridgehead atoms. The van der Waals surface area contributed by atoms with Gasteiger partial charge in [-0.05, 0) is 37.3 Å². The lowest BCUT2D eigenvalue weighted by atomic mass is 10.2. The number of ether oxygens (including phenoxy) is 3. The molecule has 0 saturated heterocycles. The molecule has 0 unspecified atom stereocenters. The number of rotatable bonds is 4. The highest BCUT2D eigenvalue weighted by Crippen LogP contribution is 2.34. The van der Waals surface area contributed by atoms with E-state index in [2.05, 4.69) is 5.32 Å². The smallest absolute Gasteiger partial charge is 0.255 e. The van der Waals surface area contributed by atoms with Crippen molar-refractivity contribution in [3.8, 4) is 17.2 Å². The molecule has 1 aliphatic heterocycles. The molecule has 0 atom stereocenters. The first-order valence-corrected chi connectivity index (χ1v) is 6.80. The number of hydrogen-bond donors (Lipinski definition) is 1. The number of anilines is 1. The summed E-state index contributed by atoms with van der Waals surface area (Å²) in [5.74, 6) is 0.337. The van der Waals surface area contributed by atoms with Gasteiger partial charge in [0.2, 0.25) is 6.79 Å². The lowest BCUT2D eigenvalue weighted by molar-refractivity contribution is 0.102. The molecule has 1 aliphatic rings. The maximum Gasteiger partial charge on any atom is 0.255 e. The number of carbonyl (C=O) groups is 1. The Labute approximate surface area is 126 Å². The first-order chi connectivity index (χ1) is 10.7. The zero-order valence-corrected chi connectivity index (χ0v) is 11.9. The summed E-state index contributed by atoms with van der Waals surface area (Å²) in [5, 5.41) is 2.68. The maximum atomic E-state index is 13.8. The van der Waals surface area contributed by atoms with E-state index in [1.54, 1.807) is 25.1 Å². The molecule has 1 amide bonds. The van der Waals surface area contributed by atoms with E-state index < -0.39 is 11.7 Å². The Morgan fingerprint density at radius 3 is 2.82 bits per heavy atom. The molecule has 0 saturated carbocycles. The number of amides is 1. The van der Waals surface area contributed by atoms with Gasteiger partial charge in [-0.2, -0.15) is 0 Å². The fraction of sp³-hybridized carbons (Fsp3) is 0.188. The Morgan fingerprint density at radius 1 is 1.23 bits per heavy atom. The number of nitrogens with one attached hydrogen (secondary N) is 1. The topological polar surface area (TPSA) is 56.8 Å². The van der Waals surface area contributed by atoms with Crippen molar-refractivity contribution in [2.24, 2.45) is 0 Å². The molecular formula is C16H14FNO4. The lowest BCUT2D eigenvalue weighted by Gasteiger charge is -2.08. The van der Waals surface area contributed by atoms with Gasteiger partial charge in [0.1, 0.15) is 0 Å². The van der Waals surface area contributed by atoms with Crippen LogP contribution in [-0.2, 0) is 0 Å². The molecule has 5 nitrogen and oxygen atoms in total. The van der Waals surface area contributed by atoms with Crippen molar-refractivity contribution in [1.82, 2.24) is 0 Å². The normalized spacial score (nSPS) is 12.1. The summed E-state index contributed by atoms with van der Waals surface area (Å²) in [7, 11) is 0. The van der Waals surface area contributed by atoms with Crippen molar-refractivity contribution in [3.63, 3.8) is 0 Å². The molecule has 0 spiro atoms. The van der Waals surface area contributed by atoms with E-state index in [0.29, 0.717) is 23.8 Å². The van der Waals surface area contributed by atoms with Crippen molar-refractivity contribution < 1.29 is 23.4 Å². The number of halogens is 1. The molecule has 0 radical (unpaired) electrons. The minimum atomic E-state index is -0.569. The summed E-state index contributed by atoms with van der Waals surface area (Å²) in [5.41, 5.74) is 0.752. The second-order valence-electron chi connectivity index (χ2n) is 4.60. The third-order valence-electron chi connectivity index (χ3n) is 3.12. The maximum absolute atomic E-state index is 13.8. The molecule has 0 fully saturated rings. The fourth-order valence-corrected chi connectivity index (χ4v) is 2.09. The summed E-state index contributed by atoms with van der Waals surface area (Å²) < 4.78 is 29.3. The first kappa shape index (κ1) is 14.2. The average molecular weight is 303 g/mol. The van der Waals surface area contributed by atoms with Gasteiger partial charge in [-0.15, -0.1) is 0 Å². The van der Waals surface area contributed by atoms with Crippen LogP contribution in [0.3, 0.4) is 0 Å². The van der Waals surface area contributed by atoms with Crippen molar-refractivity contribution in [2.75, 3.05) is 18.7 Å². The van der Waals surface area contributed by atoms with Crippen LogP contribution in [0.15, 0.2) is 36.4 Å². The molecule has 2 aromatic carbocycles. The number of fused-ring (bicyclic) bond motifs is 1. The third kappa shape index (κ3) is 2.81. The van der Waals surface area contributed by atoms with Gasteiger partial charge >= 0.3 is 0 Å². The van der Waals surface area contributed by atoms with Crippen LogP contribution in [0.25, 0.3) is 0 Å². The molecule has 1 heterocycles. The molecule has 1 N–H and O–H groups in total. The van der Waals surface area contributed by atoms with Gasteiger partial charge in [0.15, 0.2) is 23.1 Å². The third-order valence-corrected chi connectivity index (χ3v) is 3.12. The average Bonchev–Trinajstić information content (AvgIpc) is 2.97. The van der Waals surface area contributed by atoms with Gasteiger partial charge < -0.3 is 19.5 Å². The Hall–Kier alpha value is -2.76. The second-order valence-corrected chi connectivity index (χ2v) is 4.60. The molecule has 114 valence electrons. The minimum absolute atomic E-state index is 0.127. The Morgan fingerprint density at radius 2 is 2.05 bits per heavy atom. The zero-order valence-electron chi connectivity index (χ0n) is 11.9. The Balaban J connectivity index is 1.75. The van der Waals surface area contributed by atoms with Crippen molar-refractivity contribution in [3.05, 3.63) is 47.8 Å².